The molecule has 4 nitrogen and oxygen atoms in total. The summed E-state index contributed by atoms with van der Waals surface area (Å²) < 4.78 is 0. The van der Waals surface area contributed by atoms with Gasteiger partial charge >= 0.3 is 0 Å². The second-order valence-electron chi connectivity index (χ2n) is 10.4. The molecule has 0 unspecified atom stereocenters. The van der Waals surface area contributed by atoms with Crippen molar-refractivity contribution in [2.75, 3.05) is 9.80 Å². The molecule has 7 rings (SSSR count). The molecular formula is C40H30N4. The lowest BCUT2D eigenvalue weighted by molar-refractivity contribution is 1.17. The van der Waals surface area contributed by atoms with Gasteiger partial charge in [-0.25, -0.2) is 9.97 Å². The first-order valence-corrected chi connectivity index (χ1v) is 14.7. The minimum Gasteiger partial charge on any atom is -0.311 e. The summed E-state index contributed by atoms with van der Waals surface area (Å²) in [5.74, 6) is 0. The topological polar surface area (TPSA) is 32.3 Å². The third-order valence-corrected chi connectivity index (χ3v) is 7.57. The third kappa shape index (κ3) is 5.69. The Labute approximate surface area is 258 Å². The van der Waals surface area contributed by atoms with E-state index >= 15 is 0 Å². The van der Waals surface area contributed by atoms with Gasteiger partial charge in [-0.2, -0.15) is 0 Å². The predicted molar refractivity (Wildman–Crippen MR) is 182 cm³/mol. The van der Waals surface area contributed by atoms with Crippen molar-refractivity contribution in [1.29, 1.82) is 0 Å². The van der Waals surface area contributed by atoms with Gasteiger partial charge in [-0.1, -0.05) is 97.1 Å². The Morgan fingerprint density at radius 1 is 0.295 bits per heavy atom. The molecule has 0 aliphatic heterocycles. The van der Waals surface area contributed by atoms with Crippen LogP contribution in [0.3, 0.4) is 0 Å². The van der Waals surface area contributed by atoms with E-state index in [2.05, 4.69) is 171 Å². The molecule has 0 atom stereocenters. The first-order chi connectivity index (χ1) is 21.8. The maximum atomic E-state index is 4.62. The SMILES string of the molecule is c1ccc(N(c2ccccc2)c2ccc(-c3cc(-c4ccc(N(c5ccccc5)c5ccccc5)cc4)ncn3)cc2)cc1. The molecule has 1 aromatic heterocycles. The fraction of sp³-hybridized carbons (Fsp3) is 0. The van der Waals surface area contributed by atoms with Crippen LogP contribution in [0, 0.1) is 0 Å². The van der Waals surface area contributed by atoms with Crippen molar-refractivity contribution in [1.82, 2.24) is 9.97 Å². The van der Waals surface area contributed by atoms with E-state index in [-0.39, 0.29) is 0 Å². The van der Waals surface area contributed by atoms with Gasteiger partial charge in [-0.3, -0.25) is 0 Å². The van der Waals surface area contributed by atoms with Crippen LogP contribution in [-0.4, -0.2) is 9.97 Å². The van der Waals surface area contributed by atoms with Crippen molar-refractivity contribution >= 4 is 34.1 Å². The Bertz CT molecular complexity index is 1710. The summed E-state index contributed by atoms with van der Waals surface area (Å²) in [4.78, 5) is 13.7. The van der Waals surface area contributed by atoms with Crippen LogP contribution in [0.2, 0.25) is 0 Å². The van der Waals surface area contributed by atoms with Gasteiger partial charge in [0.25, 0.3) is 0 Å². The van der Waals surface area contributed by atoms with Gasteiger partial charge in [0, 0.05) is 45.3 Å². The number of hydrogen-bond donors (Lipinski definition) is 0. The molecular weight excluding hydrogens is 536 g/mol. The first kappa shape index (κ1) is 26.9. The maximum absolute atomic E-state index is 4.62. The summed E-state index contributed by atoms with van der Waals surface area (Å²) >= 11 is 0. The molecule has 0 aliphatic rings. The minimum atomic E-state index is 0.881. The van der Waals surface area contributed by atoms with Crippen molar-refractivity contribution in [3.8, 4) is 22.5 Å². The van der Waals surface area contributed by atoms with Crippen molar-refractivity contribution in [3.05, 3.63) is 182 Å². The molecule has 0 N–H and O–H groups in total. The number of hydrogen-bond acceptors (Lipinski definition) is 4. The molecule has 44 heavy (non-hydrogen) atoms. The number of para-hydroxylation sites is 4. The van der Waals surface area contributed by atoms with Crippen LogP contribution in [0.4, 0.5) is 34.1 Å². The molecule has 0 saturated carbocycles. The first-order valence-electron chi connectivity index (χ1n) is 14.7. The van der Waals surface area contributed by atoms with E-state index in [1.807, 2.05) is 24.3 Å². The molecule has 0 radical (unpaired) electrons. The summed E-state index contributed by atoms with van der Waals surface area (Å²) in [6, 6.07) is 60.8. The maximum Gasteiger partial charge on any atom is 0.116 e. The zero-order valence-electron chi connectivity index (χ0n) is 24.1. The van der Waals surface area contributed by atoms with E-state index in [0.29, 0.717) is 0 Å². The van der Waals surface area contributed by atoms with E-state index in [1.54, 1.807) is 6.33 Å². The van der Waals surface area contributed by atoms with E-state index in [0.717, 1.165) is 56.6 Å². The number of aromatic nitrogens is 2. The molecule has 6 aromatic carbocycles. The highest BCUT2D eigenvalue weighted by Crippen LogP contribution is 2.37. The van der Waals surface area contributed by atoms with Gasteiger partial charge < -0.3 is 9.80 Å². The van der Waals surface area contributed by atoms with Gasteiger partial charge in [0.1, 0.15) is 6.33 Å². The number of nitrogens with zero attached hydrogens (tertiary/aromatic N) is 4. The van der Waals surface area contributed by atoms with Crippen molar-refractivity contribution in [2.45, 2.75) is 0 Å². The molecule has 0 aliphatic carbocycles. The van der Waals surface area contributed by atoms with Crippen LogP contribution < -0.4 is 9.80 Å². The lowest BCUT2D eigenvalue weighted by atomic mass is 10.1. The van der Waals surface area contributed by atoms with Gasteiger partial charge in [-0.05, 0) is 78.9 Å². The van der Waals surface area contributed by atoms with Gasteiger partial charge in [-0.15, -0.1) is 0 Å². The standard InChI is InChI=1S/C40H30N4/c1-5-13-33(14-6-1)43(34-15-7-2-8-16-34)37-25-21-31(22-26-37)39-29-40(42-30-41-39)32-23-27-38(28-24-32)44(35-17-9-3-10-18-35)36-19-11-4-12-20-36/h1-30H. The Balaban J connectivity index is 1.17. The molecule has 0 spiro atoms. The van der Waals surface area contributed by atoms with E-state index < -0.39 is 0 Å². The summed E-state index contributed by atoms with van der Waals surface area (Å²) in [5, 5.41) is 0. The molecule has 0 amide bonds. The van der Waals surface area contributed by atoms with Crippen molar-refractivity contribution in [2.24, 2.45) is 0 Å². The third-order valence-electron chi connectivity index (χ3n) is 7.57. The van der Waals surface area contributed by atoms with Crippen molar-refractivity contribution < 1.29 is 0 Å². The number of rotatable bonds is 8. The largest absolute Gasteiger partial charge is 0.311 e. The Morgan fingerprint density at radius 3 is 0.864 bits per heavy atom. The Hall–Kier alpha value is -6.00. The molecule has 1 heterocycles. The smallest absolute Gasteiger partial charge is 0.116 e. The van der Waals surface area contributed by atoms with Crippen molar-refractivity contribution in [3.63, 3.8) is 0 Å². The second-order valence-corrected chi connectivity index (χ2v) is 10.4. The summed E-state index contributed by atoms with van der Waals surface area (Å²) in [6.45, 7) is 0. The quantitative estimate of drug-likeness (QED) is 0.183. The average molecular weight is 567 g/mol. The second kappa shape index (κ2) is 12.5. The van der Waals surface area contributed by atoms with Gasteiger partial charge in [0.05, 0.1) is 11.4 Å². The number of benzene rings is 6. The Morgan fingerprint density at radius 2 is 0.568 bits per heavy atom. The molecule has 7 aromatic rings. The van der Waals surface area contributed by atoms with Crippen LogP contribution in [-0.2, 0) is 0 Å². The predicted octanol–water partition coefficient (Wildman–Crippen LogP) is 10.8. The average Bonchev–Trinajstić information content (AvgIpc) is 3.11. The lowest BCUT2D eigenvalue weighted by Gasteiger charge is -2.25. The normalized spacial score (nSPS) is 10.7. The van der Waals surface area contributed by atoms with Crippen LogP contribution in [0.25, 0.3) is 22.5 Å². The molecule has 0 fully saturated rings. The molecule has 0 bridgehead atoms. The van der Waals surface area contributed by atoms with Crippen LogP contribution in [0.1, 0.15) is 0 Å². The highest BCUT2D eigenvalue weighted by molar-refractivity contribution is 5.80. The molecule has 210 valence electrons. The highest BCUT2D eigenvalue weighted by atomic mass is 15.1. The van der Waals surface area contributed by atoms with E-state index in [9.17, 15) is 0 Å². The fourth-order valence-corrected chi connectivity index (χ4v) is 5.44. The minimum absolute atomic E-state index is 0.881. The lowest BCUT2D eigenvalue weighted by Crippen LogP contribution is -2.09. The fourth-order valence-electron chi connectivity index (χ4n) is 5.44. The van der Waals surface area contributed by atoms with Gasteiger partial charge in [0.2, 0.25) is 0 Å². The summed E-state index contributed by atoms with van der Waals surface area (Å²) in [7, 11) is 0. The molecule has 4 heteroatoms. The van der Waals surface area contributed by atoms with Crippen LogP contribution in [0.5, 0.6) is 0 Å². The summed E-state index contributed by atoms with van der Waals surface area (Å²) in [6.07, 6.45) is 1.65. The zero-order chi connectivity index (χ0) is 29.6. The van der Waals surface area contributed by atoms with Gasteiger partial charge in [0.15, 0.2) is 0 Å². The zero-order valence-corrected chi connectivity index (χ0v) is 24.1. The monoisotopic (exact) mass is 566 g/mol. The summed E-state index contributed by atoms with van der Waals surface area (Å²) in [5.41, 5.74) is 10.4. The number of anilines is 6. The highest BCUT2D eigenvalue weighted by Gasteiger charge is 2.14. The van der Waals surface area contributed by atoms with Crippen LogP contribution in [0.15, 0.2) is 182 Å². The van der Waals surface area contributed by atoms with E-state index in [1.165, 1.54) is 0 Å². The molecule has 0 saturated heterocycles. The Kier molecular flexibility index (Phi) is 7.62. The van der Waals surface area contributed by atoms with Crippen LogP contribution >= 0.6 is 0 Å². The van der Waals surface area contributed by atoms with E-state index in [4.69, 9.17) is 0 Å².